The first-order chi connectivity index (χ1) is 11.2. The van der Waals surface area contributed by atoms with Crippen molar-refractivity contribution in [3.63, 3.8) is 0 Å². The number of amides is 1. The van der Waals surface area contributed by atoms with Crippen molar-refractivity contribution in [3.05, 3.63) is 65.7 Å². The van der Waals surface area contributed by atoms with Gasteiger partial charge in [0.15, 0.2) is 0 Å². The number of rotatable bonds is 3. The van der Waals surface area contributed by atoms with Gasteiger partial charge in [0.25, 0.3) is 0 Å². The molecule has 1 N–H and O–H groups in total. The zero-order valence-corrected chi connectivity index (χ0v) is 13.5. The first kappa shape index (κ1) is 14.5. The van der Waals surface area contributed by atoms with Crippen molar-refractivity contribution >= 4 is 11.6 Å². The van der Waals surface area contributed by atoms with E-state index in [2.05, 4.69) is 42.6 Å². The fraction of sp³-hybridized carbons (Fsp3) is 0.381. The molecule has 2 unspecified atom stereocenters. The fourth-order valence-corrected chi connectivity index (χ4v) is 4.66. The van der Waals surface area contributed by atoms with Crippen LogP contribution in [0.25, 0.3) is 0 Å². The summed E-state index contributed by atoms with van der Waals surface area (Å²) in [4.78, 5) is 12.8. The number of carbonyl (C=O) groups is 1. The molecule has 4 rings (SSSR count). The van der Waals surface area contributed by atoms with Gasteiger partial charge in [-0.2, -0.15) is 0 Å². The Balaban J connectivity index is 1.50. The standard InChI is InChI=1S/C21H23NO/c1-14-10-12-16(13-11-14)22-21(23)20-17-8-5-9-18(20)19(17)15-6-3-2-4-7-15/h2-4,6-7,10-13,17-20H,5,8-9H2,1H3,(H,22,23)/t17-,18+,19?,20?. The van der Waals surface area contributed by atoms with Gasteiger partial charge in [0.2, 0.25) is 5.91 Å². The second-order valence-corrected chi connectivity index (χ2v) is 7.08. The highest BCUT2D eigenvalue weighted by Gasteiger charge is 2.55. The van der Waals surface area contributed by atoms with Crippen LogP contribution in [0.15, 0.2) is 54.6 Å². The van der Waals surface area contributed by atoms with E-state index in [9.17, 15) is 4.79 Å². The lowest BCUT2D eigenvalue weighted by molar-refractivity contribution is -0.135. The molecule has 2 aromatic rings. The average molecular weight is 305 g/mol. The topological polar surface area (TPSA) is 29.1 Å². The lowest BCUT2D eigenvalue weighted by atomic mass is 9.48. The summed E-state index contributed by atoms with van der Waals surface area (Å²) in [5, 5.41) is 3.13. The molecule has 0 radical (unpaired) electrons. The molecule has 1 amide bonds. The van der Waals surface area contributed by atoms with Crippen molar-refractivity contribution < 1.29 is 4.79 Å². The van der Waals surface area contributed by atoms with E-state index in [0.29, 0.717) is 17.8 Å². The molecule has 4 atom stereocenters. The molecular formula is C21H23NO. The van der Waals surface area contributed by atoms with Crippen LogP contribution >= 0.6 is 0 Å². The number of hydrogen-bond donors (Lipinski definition) is 1. The number of anilines is 1. The van der Waals surface area contributed by atoms with Gasteiger partial charge in [-0.15, -0.1) is 0 Å². The molecule has 0 aliphatic heterocycles. The third kappa shape index (κ3) is 2.56. The Morgan fingerprint density at radius 1 is 0.957 bits per heavy atom. The lowest BCUT2D eigenvalue weighted by Crippen LogP contribution is -2.53. The van der Waals surface area contributed by atoms with E-state index in [1.165, 1.54) is 30.4 Å². The van der Waals surface area contributed by atoms with Crippen LogP contribution in [0.5, 0.6) is 0 Å². The third-order valence-corrected chi connectivity index (χ3v) is 5.73. The van der Waals surface area contributed by atoms with Crippen molar-refractivity contribution in [3.8, 4) is 0 Å². The van der Waals surface area contributed by atoms with Gasteiger partial charge < -0.3 is 5.32 Å². The minimum Gasteiger partial charge on any atom is -0.326 e. The molecule has 2 bridgehead atoms. The highest BCUT2D eigenvalue weighted by atomic mass is 16.2. The monoisotopic (exact) mass is 305 g/mol. The molecule has 2 saturated carbocycles. The number of aryl methyl sites for hydroxylation is 1. The van der Waals surface area contributed by atoms with Gasteiger partial charge in [0.1, 0.15) is 0 Å². The molecule has 0 heterocycles. The molecule has 23 heavy (non-hydrogen) atoms. The SMILES string of the molecule is Cc1ccc(NC(=O)C2[C@H]3CCC[C@@H]2C3c2ccccc2)cc1. The van der Waals surface area contributed by atoms with Crippen LogP contribution < -0.4 is 5.32 Å². The molecule has 2 aliphatic rings. The van der Waals surface area contributed by atoms with Gasteiger partial charge in [-0.1, -0.05) is 54.4 Å². The van der Waals surface area contributed by atoms with Gasteiger partial charge in [-0.05, 0) is 55.2 Å². The Bertz CT molecular complexity index is 680. The van der Waals surface area contributed by atoms with E-state index in [0.717, 1.165) is 5.69 Å². The molecule has 0 spiro atoms. The molecule has 2 heteroatoms. The number of benzene rings is 2. The van der Waals surface area contributed by atoms with Crippen LogP contribution in [-0.4, -0.2) is 5.91 Å². The first-order valence-corrected chi connectivity index (χ1v) is 8.66. The molecule has 2 aromatic carbocycles. The van der Waals surface area contributed by atoms with Crippen molar-refractivity contribution in [2.75, 3.05) is 5.32 Å². The van der Waals surface area contributed by atoms with Crippen LogP contribution in [0.2, 0.25) is 0 Å². The van der Waals surface area contributed by atoms with Gasteiger partial charge in [0, 0.05) is 11.6 Å². The molecule has 2 aliphatic carbocycles. The third-order valence-electron chi connectivity index (χ3n) is 5.73. The van der Waals surface area contributed by atoms with E-state index >= 15 is 0 Å². The summed E-state index contributed by atoms with van der Waals surface area (Å²) in [5.74, 6) is 2.02. The van der Waals surface area contributed by atoms with Crippen LogP contribution in [-0.2, 0) is 4.79 Å². The van der Waals surface area contributed by atoms with E-state index in [-0.39, 0.29) is 11.8 Å². The van der Waals surface area contributed by atoms with E-state index in [1.54, 1.807) is 0 Å². The van der Waals surface area contributed by atoms with Gasteiger partial charge >= 0.3 is 0 Å². The van der Waals surface area contributed by atoms with E-state index in [1.807, 2.05) is 24.3 Å². The van der Waals surface area contributed by atoms with Crippen LogP contribution in [0, 0.1) is 24.7 Å². The smallest absolute Gasteiger partial charge is 0.228 e. The van der Waals surface area contributed by atoms with Crippen molar-refractivity contribution in [2.45, 2.75) is 32.1 Å². The van der Waals surface area contributed by atoms with Crippen LogP contribution in [0.4, 0.5) is 5.69 Å². The molecule has 2 nitrogen and oxygen atoms in total. The number of fused-ring (bicyclic) bond motifs is 2. The van der Waals surface area contributed by atoms with E-state index in [4.69, 9.17) is 0 Å². The Morgan fingerprint density at radius 2 is 1.61 bits per heavy atom. The van der Waals surface area contributed by atoms with Crippen molar-refractivity contribution in [2.24, 2.45) is 17.8 Å². The van der Waals surface area contributed by atoms with Crippen molar-refractivity contribution in [1.82, 2.24) is 0 Å². The zero-order valence-electron chi connectivity index (χ0n) is 13.5. The summed E-state index contributed by atoms with van der Waals surface area (Å²) < 4.78 is 0. The van der Waals surface area contributed by atoms with Gasteiger partial charge in [-0.3, -0.25) is 4.79 Å². The first-order valence-electron chi connectivity index (χ1n) is 8.66. The second kappa shape index (κ2) is 5.84. The Kier molecular flexibility index (Phi) is 3.68. The quantitative estimate of drug-likeness (QED) is 0.870. The predicted molar refractivity (Wildman–Crippen MR) is 93.3 cm³/mol. The lowest BCUT2D eigenvalue weighted by Gasteiger charge is -2.55. The molecule has 118 valence electrons. The number of hydrogen-bond acceptors (Lipinski definition) is 1. The Hall–Kier alpha value is -2.09. The Labute approximate surface area is 137 Å². The fourth-order valence-electron chi connectivity index (χ4n) is 4.66. The summed E-state index contributed by atoms with van der Waals surface area (Å²) in [5.41, 5.74) is 3.55. The predicted octanol–water partition coefficient (Wildman–Crippen LogP) is 4.76. The maximum Gasteiger partial charge on any atom is 0.228 e. The normalized spacial score (nSPS) is 28.7. The second-order valence-electron chi connectivity index (χ2n) is 7.08. The minimum atomic E-state index is 0.190. The average Bonchev–Trinajstić information content (AvgIpc) is 2.58. The van der Waals surface area contributed by atoms with Crippen molar-refractivity contribution in [1.29, 1.82) is 0 Å². The van der Waals surface area contributed by atoms with Crippen LogP contribution in [0.3, 0.4) is 0 Å². The van der Waals surface area contributed by atoms with Crippen LogP contribution in [0.1, 0.15) is 36.3 Å². The minimum absolute atomic E-state index is 0.190. The maximum absolute atomic E-state index is 12.8. The van der Waals surface area contributed by atoms with Gasteiger partial charge in [0.05, 0.1) is 0 Å². The number of nitrogens with one attached hydrogen (secondary N) is 1. The summed E-state index contributed by atoms with van der Waals surface area (Å²) in [6.45, 7) is 2.06. The number of carbonyl (C=O) groups excluding carboxylic acids is 1. The summed E-state index contributed by atoms with van der Waals surface area (Å²) >= 11 is 0. The highest BCUT2D eigenvalue weighted by molar-refractivity contribution is 5.94. The summed E-state index contributed by atoms with van der Waals surface area (Å²) in [6, 6.07) is 18.8. The highest BCUT2D eigenvalue weighted by Crippen LogP contribution is 2.60. The summed E-state index contributed by atoms with van der Waals surface area (Å²) in [6.07, 6.45) is 3.64. The summed E-state index contributed by atoms with van der Waals surface area (Å²) in [7, 11) is 0. The van der Waals surface area contributed by atoms with E-state index < -0.39 is 0 Å². The molecular weight excluding hydrogens is 282 g/mol. The largest absolute Gasteiger partial charge is 0.326 e. The zero-order chi connectivity index (χ0) is 15.8. The molecule has 2 fully saturated rings. The maximum atomic E-state index is 12.8. The van der Waals surface area contributed by atoms with Gasteiger partial charge in [-0.25, -0.2) is 0 Å². The molecule has 0 aromatic heterocycles. The molecule has 0 saturated heterocycles. The Morgan fingerprint density at radius 3 is 2.26 bits per heavy atom.